The molecule has 47 heavy (non-hydrogen) atoms. The average Bonchev–Trinajstić information content (AvgIpc) is 3.22. The smallest absolute Gasteiger partial charge is 0.309 e. The van der Waals surface area contributed by atoms with Gasteiger partial charge in [0.1, 0.15) is 6.10 Å². The summed E-state index contributed by atoms with van der Waals surface area (Å²) in [5, 5.41) is 13.4. The highest BCUT2D eigenvalue weighted by molar-refractivity contribution is 6.00. The maximum absolute atomic E-state index is 13.9. The highest BCUT2D eigenvalue weighted by atomic mass is 16.5. The van der Waals surface area contributed by atoms with E-state index in [1.165, 1.54) is 37.7 Å². The monoisotopic (exact) mass is 654 g/mol. The predicted molar refractivity (Wildman–Crippen MR) is 194 cm³/mol. The summed E-state index contributed by atoms with van der Waals surface area (Å²) in [6, 6.07) is 0.460. The lowest BCUT2D eigenvalue weighted by Gasteiger charge is -2.71. The van der Waals surface area contributed by atoms with Gasteiger partial charge in [-0.25, -0.2) is 0 Å². The zero-order valence-corrected chi connectivity index (χ0v) is 31.3. The molecule has 0 saturated heterocycles. The van der Waals surface area contributed by atoms with E-state index in [-0.39, 0.29) is 46.5 Å². The molecule has 4 saturated carbocycles. The first kappa shape index (κ1) is 38.2. The van der Waals surface area contributed by atoms with Crippen LogP contribution in [0.25, 0.3) is 0 Å². The van der Waals surface area contributed by atoms with E-state index in [0.717, 1.165) is 38.6 Å². The summed E-state index contributed by atoms with van der Waals surface area (Å²) in [4.78, 5) is 25.7. The Hall–Kier alpha value is -1.62. The van der Waals surface area contributed by atoms with Crippen molar-refractivity contribution in [2.45, 2.75) is 166 Å². The molecule has 0 amide bonds. The molecule has 0 spiro atoms. The van der Waals surface area contributed by atoms with Gasteiger partial charge in [-0.15, -0.1) is 0 Å². The van der Waals surface area contributed by atoms with Crippen LogP contribution in [0.1, 0.15) is 154 Å². The van der Waals surface area contributed by atoms with Crippen LogP contribution in [0.3, 0.4) is 0 Å². The fourth-order valence-electron chi connectivity index (χ4n) is 13.0. The van der Waals surface area contributed by atoms with Crippen molar-refractivity contribution in [1.29, 1.82) is 0 Å². The summed E-state index contributed by atoms with van der Waals surface area (Å²) < 4.78 is 6.60. The molecule has 5 rings (SSSR count). The number of nitrogens with one attached hydrogen (secondary N) is 1. The Morgan fingerprint density at radius 1 is 0.936 bits per heavy atom. The van der Waals surface area contributed by atoms with Crippen molar-refractivity contribution >= 4 is 11.8 Å². The SMILES string of the molecule is C.C=C(CC(C)(C)C(=O)O)O[C@H]1CCC2(C)C3CCC4(C)C5=C(C(C)C)C(=O)CC5(CCNC(C)C)CCC4C3(C)CC[C@H]2C1(C)C. The van der Waals surface area contributed by atoms with Crippen molar-refractivity contribution in [3.63, 3.8) is 0 Å². The second-order valence-corrected chi connectivity index (χ2v) is 19.3. The van der Waals surface area contributed by atoms with E-state index in [1.54, 1.807) is 19.4 Å². The third-order valence-corrected chi connectivity index (χ3v) is 14.9. The molecule has 5 nitrogen and oxygen atoms in total. The van der Waals surface area contributed by atoms with Crippen molar-refractivity contribution in [2.75, 3.05) is 6.54 Å². The molecule has 0 radical (unpaired) electrons. The molecule has 0 bridgehead atoms. The van der Waals surface area contributed by atoms with Gasteiger partial charge in [-0.1, -0.05) is 81.9 Å². The topological polar surface area (TPSA) is 75.6 Å². The number of carboxylic acid groups (broad SMARTS) is 1. The van der Waals surface area contributed by atoms with Crippen LogP contribution in [0.4, 0.5) is 0 Å². The lowest BCUT2D eigenvalue weighted by Crippen LogP contribution is -2.64. The molecule has 5 heteroatoms. The minimum atomic E-state index is -0.886. The lowest BCUT2D eigenvalue weighted by atomic mass is 9.34. The van der Waals surface area contributed by atoms with Gasteiger partial charge in [0.2, 0.25) is 0 Å². The van der Waals surface area contributed by atoms with Gasteiger partial charge in [-0.3, -0.25) is 9.59 Å². The van der Waals surface area contributed by atoms with E-state index in [4.69, 9.17) is 4.74 Å². The number of carboxylic acids is 1. The van der Waals surface area contributed by atoms with Crippen molar-refractivity contribution in [3.05, 3.63) is 23.5 Å². The number of allylic oxidation sites excluding steroid dienone is 3. The minimum Gasteiger partial charge on any atom is -0.495 e. The maximum atomic E-state index is 13.9. The van der Waals surface area contributed by atoms with E-state index in [1.807, 2.05) is 0 Å². The molecule has 4 fully saturated rings. The summed E-state index contributed by atoms with van der Waals surface area (Å²) in [6.07, 6.45) is 11.6. The molecular weight excluding hydrogens is 582 g/mol. The number of carbonyl (C=O) groups is 2. The van der Waals surface area contributed by atoms with Gasteiger partial charge in [-0.05, 0) is 124 Å². The Kier molecular flexibility index (Phi) is 10.2. The Labute approximate surface area is 288 Å². The number of aliphatic carboxylic acids is 1. The van der Waals surface area contributed by atoms with Crippen LogP contribution in [0.5, 0.6) is 0 Å². The molecule has 6 unspecified atom stereocenters. The second kappa shape index (κ2) is 12.6. The molecule has 0 aliphatic heterocycles. The van der Waals surface area contributed by atoms with Gasteiger partial charge in [-0.2, -0.15) is 0 Å². The molecule has 2 N–H and O–H groups in total. The van der Waals surface area contributed by atoms with E-state index in [9.17, 15) is 14.7 Å². The maximum Gasteiger partial charge on any atom is 0.309 e. The highest BCUT2D eigenvalue weighted by Crippen LogP contribution is 2.76. The number of carbonyl (C=O) groups excluding carboxylic acids is 1. The van der Waals surface area contributed by atoms with Crippen LogP contribution in [0.15, 0.2) is 23.5 Å². The Bertz CT molecular complexity index is 1270. The van der Waals surface area contributed by atoms with Gasteiger partial charge < -0.3 is 15.2 Å². The van der Waals surface area contributed by atoms with E-state index in [0.29, 0.717) is 41.8 Å². The first-order valence-electron chi connectivity index (χ1n) is 18.8. The predicted octanol–water partition coefficient (Wildman–Crippen LogP) is 10.4. The summed E-state index contributed by atoms with van der Waals surface area (Å²) in [7, 11) is 0. The third kappa shape index (κ3) is 5.99. The normalized spacial score (nSPS) is 39.5. The lowest BCUT2D eigenvalue weighted by molar-refractivity contribution is -0.217. The first-order valence-corrected chi connectivity index (χ1v) is 18.8. The molecule has 5 aliphatic carbocycles. The number of hydrogen-bond donors (Lipinski definition) is 2. The largest absolute Gasteiger partial charge is 0.495 e. The third-order valence-electron chi connectivity index (χ3n) is 14.9. The quantitative estimate of drug-likeness (QED) is 0.230. The summed E-state index contributed by atoms with van der Waals surface area (Å²) in [6.45, 7) is 30.3. The van der Waals surface area contributed by atoms with Gasteiger partial charge in [0, 0.05) is 29.7 Å². The summed E-state index contributed by atoms with van der Waals surface area (Å²) in [5.74, 6) is 2.32. The molecule has 0 aromatic carbocycles. The molecule has 0 heterocycles. The number of rotatable bonds is 10. The molecule has 5 aliphatic rings. The molecule has 0 aromatic heterocycles. The molecular formula is C42H71NO4. The highest BCUT2D eigenvalue weighted by Gasteiger charge is 2.69. The average molecular weight is 654 g/mol. The van der Waals surface area contributed by atoms with Gasteiger partial charge in [0.15, 0.2) is 5.78 Å². The van der Waals surface area contributed by atoms with Gasteiger partial charge in [0.25, 0.3) is 0 Å². The molecule has 268 valence electrons. The number of ketones is 1. The van der Waals surface area contributed by atoms with Gasteiger partial charge >= 0.3 is 5.97 Å². The van der Waals surface area contributed by atoms with Crippen molar-refractivity contribution in [3.8, 4) is 0 Å². The Morgan fingerprint density at radius 3 is 2.11 bits per heavy atom. The molecule has 8 atom stereocenters. The van der Waals surface area contributed by atoms with Crippen molar-refractivity contribution in [2.24, 2.45) is 56.2 Å². The minimum absolute atomic E-state index is 0. The van der Waals surface area contributed by atoms with Crippen molar-refractivity contribution in [1.82, 2.24) is 5.32 Å². The van der Waals surface area contributed by atoms with Crippen LogP contribution >= 0.6 is 0 Å². The number of Topliss-reactive ketones (excluding diaryl/α,β-unsaturated/α-hetero) is 1. The summed E-state index contributed by atoms with van der Waals surface area (Å²) >= 11 is 0. The zero-order chi connectivity index (χ0) is 34.3. The Balaban J connectivity index is 0.00000500. The van der Waals surface area contributed by atoms with Crippen LogP contribution in [0.2, 0.25) is 0 Å². The van der Waals surface area contributed by atoms with Crippen LogP contribution in [-0.2, 0) is 14.3 Å². The first-order chi connectivity index (χ1) is 21.2. The zero-order valence-electron chi connectivity index (χ0n) is 31.3. The standard InChI is InChI=1S/C41H67NO4.CH4/c1-25(2)33-28(43)24-41(21-22-42-26(3)4)20-15-31-39(11)17-13-29-37(8,9)32(46-27(5)23-36(6,7)35(44)45)16-19-38(29,10)30(39)14-18-40(31,12)34(33)41;/h25-26,29-32,42H,5,13-24H2,1-4,6-12H3,(H,44,45);1H4/t29-,30?,31?,32-,38?,39?,40?,41?;/m0./s1. The van der Waals surface area contributed by atoms with Crippen LogP contribution < -0.4 is 5.32 Å². The van der Waals surface area contributed by atoms with E-state index >= 15 is 0 Å². The number of fused-ring (bicyclic) bond motifs is 7. The second-order valence-electron chi connectivity index (χ2n) is 19.3. The fraction of sp³-hybridized carbons (Fsp3) is 0.857. The van der Waals surface area contributed by atoms with Gasteiger partial charge in [0.05, 0.1) is 11.2 Å². The summed E-state index contributed by atoms with van der Waals surface area (Å²) in [5.41, 5.74) is 2.47. The fourth-order valence-corrected chi connectivity index (χ4v) is 13.0. The van der Waals surface area contributed by atoms with E-state index < -0.39 is 11.4 Å². The molecule has 0 aromatic rings. The van der Waals surface area contributed by atoms with Crippen molar-refractivity contribution < 1.29 is 19.4 Å². The van der Waals surface area contributed by atoms with E-state index in [2.05, 4.69) is 74.2 Å². The number of hydrogen-bond acceptors (Lipinski definition) is 4. The number of ether oxygens (including phenoxy) is 1. The van der Waals surface area contributed by atoms with Crippen LogP contribution in [0, 0.1) is 56.2 Å². The Morgan fingerprint density at radius 2 is 1.51 bits per heavy atom. The van der Waals surface area contributed by atoms with Crippen LogP contribution in [-0.4, -0.2) is 35.5 Å².